The Bertz CT molecular complexity index is 240. The first-order valence-electron chi connectivity index (χ1n) is 5.09. The number of likely N-dealkylation sites (tertiary alicyclic amines) is 1. The average molecular weight is 215 g/mol. The number of amides is 1. The van der Waals surface area contributed by atoms with E-state index < -0.39 is 0 Å². The Kier molecular flexibility index (Phi) is 2.75. The Hall–Kier alpha value is -0.220. The van der Waals surface area contributed by atoms with Crippen LogP contribution in [-0.2, 0) is 9.53 Å². The summed E-state index contributed by atoms with van der Waals surface area (Å²) in [5.74, 6) is 1.56. The maximum atomic E-state index is 11.6. The molecule has 14 heavy (non-hydrogen) atoms. The van der Waals surface area contributed by atoms with Crippen molar-refractivity contribution in [2.24, 2.45) is 11.3 Å². The summed E-state index contributed by atoms with van der Waals surface area (Å²) < 4.78 is 5.18. The number of hydrogen-bond acceptors (Lipinski definition) is 3. The molecule has 0 N–H and O–H groups in total. The molecule has 80 valence electrons. The van der Waals surface area contributed by atoms with Crippen molar-refractivity contribution in [1.82, 2.24) is 4.90 Å². The minimum absolute atomic E-state index is 0.209. The van der Waals surface area contributed by atoms with Crippen LogP contribution in [-0.4, -0.2) is 42.9 Å². The molecule has 0 radical (unpaired) electrons. The Labute approximate surface area is 90.2 Å². The van der Waals surface area contributed by atoms with Crippen LogP contribution in [0.2, 0.25) is 0 Å². The van der Waals surface area contributed by atoms with Crippen molar-refractivity contribution >= 4 is 18.5 Å². The smallest absolute Gasteiger partial charge is 0.222 e. The fourth-order valence-electron chi connectivity index (χ4n) is 2.13. The first-order valence-corrected chi connectivity index (χ1v) is 5.73. The molecule has 2 aliphatic rings. The molecule has 2 fully saturated rings. The number of ether oxygens (including phenoxy) is 1. The van der Waals surface area contributed by atoms with Crippen molar-refractivity contribution in [1.29, 1.82) is 0 Å². The molecule has 2 heterocycles. The topological polar surface area (TPSA) is 29.5 Å². The molecule has 3 nitrogen and oxygen atoms in total. The third-order valence-corrected chi connectivity index (χ3v) is 3.54. The van der Waals surface area contributed by atoms with E-state index >= 15 is 0 Å². The summed E-state index contributed by atoms with van der Waals surface area (Å²) in [6.07, 6.45) is 0.681. The molecular formula is C10H17NO2S. The van der Waals surface area contributed by atoms with Crippen LogP contribution in [0.15, 0.2) is 0 Å². The highest BCUT2D eigenvalue weighted by atomic mass is 32.1. The minimum Gasteiger partial charge on any atom is -0.380 e. The summed E-state index contributed by atoms with van der Waals surface area (Å²) in [5, 5.41) is 0. The van der Waals surface area contributed by atoms with Crippen LogP contribution in [0.25, 0.3) is 0 Å². The third kappa shape index (κ3) is 1.91. The largest absolute Gasteiger partial charge is 0.380 e. The Morgan fingerprint density at radius 3 is 2.79 bits per heavy atom. The van der Waals surface area contributed by atoms with Crippen molar-refractivity contribution in [3.05, 3.63) is 0 Å². The summed E-state index contributed by atoms with van der Waals surface area (Å²) in [6.45, 7) is 5.51. The molecule has 0 aromatic heterocycles. The van der Waals surface area contributed by atoms with E-state index in [9.17, 15) is 4.79 Å². The van der Waals surface area contributed by atoms with Gasteiger partial charge in [0.2, 0.25) is 5.91 Å². The van der Waals surface area contributed by atoms with Crippen molar-refractivity contribution in [3.63, 3.8) is 0 Å². The fraction of sp³-hybridized carbons (Fsp3) is 0.900. The molecular weight excluding hydrogens is 198 g/mol. The monoisotopic (exact) mass is 215 g/mol. The van der Waals surface area contributed by atoms with Gasteiger partial charge in [0.05, 0.1) is 13.2 Å². The van der Waals surface area contributed by atoms with E-state index in [4.69, 9.17) is 4.74 Å². The molecule has 2 rings (SSSR count). The molecule has 0 bridgehead atoms. The van der Waals surface area contributed by atoms with Gasteiger partial charge in [0, 0.05) is 24.9 Å². The Balaban J connectivity index is 1.89. The van der Waals surface area contributed by atoms with E-state index in [1.54, 1.807) is 0 Å². The van der Waals surface area contributed by atoms with E-state index in [0.29, 0.717) is 12.3 Å². The first-order chi connectivity index (χ1) is 6.63. The molecule has 2 saturated heterocycles. The maximum absolute atomic E-state index is 11.6. The van der Waals surface area contributed by atoms with Gasteiger partial charge in [-0.05, 0) is 11.7 Å². The van der Waals surface area contributed by atoms with Crippen LogP contribution >= 0.6 is 12.6 Å². The first kappa shape index (κ1) is 10.3. The van der Waals surface area contributed by atoms with Gasteiger partial charge in [-0.1, -0.05) is 6.92 Å². The van der Waals surface area contributed by atoms with Gasteiger partial charge in [0.1, 0.15) is 0 Å². The van der Waals surface area contributed by atoms with Crippen LogP contribution in [0.3, 0.4) is 0 Å². The quantitative estimate of drug-likeness (QED) is 0.706. The van der Waals surface area contributed by atoms with Gasteiger partial charge in [-0.2, -0.15) is 12.6 Å². The highest BCUT2D eigenvalue weighted by Crippen LogP contribution is 2.30. The molecule has 0 aromatic rings. The summed E-state index contributed by atoms with van der Waals surface area (Å²) >= 11 is 4.24. The molecule has 0 saturated carbocycles. The lowest BCUT2D eigenvalue weighted by molar-refractivity contribution is -0.140. The molecule has 0 aliphatic carbocycles. The highest BCUT2D eigenvalue weighted by molar-refractivity contribution is 7.80. The Morgan fingerprint density at radius 1 is 1.64 bits per heavy atom. The second kappa shape index (κ2) is 3.74. The number of rotatable bonds is 3. The molecule has 1 unspecified atom stereocenters. The zero-order chi connectivity index (χ0) is 10.2. The van der Waals surface area contributed by atoms with Gasteiger partial charge in [0.15, 0.2) is 0 Å². The second-order valence-electron chi connectivity index (χ2n) is 4.83. The Morgan fingerprint density at radius 2 is 2.36 bits per heavy atom. The van der Waals surface area contributed by atoms with Crippen LogP contribution in [0.4, 0.5) is 0 Å². The predicted molar refractivity (Wildman–Crippen MR) is 57.5 cm³/mol. The number of nitrogens with zero attached hydrogens (tertiary/aromatic N) is 1. The normalized spacial score (nSPS) is 30.6. The zero-order valence-corrected chi connectivity index (χ0v) is 9.43. The predicted octanol–water partition coefficient (Wildman–Crippen LogP) is 0.801. The highest BCUT2D eigenvalue weighted by Gasteiger charge is 2.39. The van der Waals surface area contributed by atoms with Gasteiger partial charge in [-0.3, -0.25) is 4.79 Å². The van der Waals surface area contributed by atoms with Gasteiger partial charge < -0.3 is 9.64 Å². The lowest BCUT2D eigenvalue weighted by Gasteiger charge is -2.40. The van der Waals surface area contributed by atoms with Crippen LogP contribution in [0, 0.1) is 11.3 Å². The van der Waals surface area contributed by atoms with Crippen molar-refractivity contribution < 1.29 is 9.53 Å². The van der Waals surface area contributed by atoms with Gasteiger partial charge in [-0.25, -0.2) is 0 Å². The standard InChI is InChI=1S/C10H17NO2S/c1-10(6-13-7-10)5-11-3-8(4-14)2-9(11)12/h8,14H,2-7H2,1H3. The van der Waals surface area contributed by atoms with Gasteiger partial charge in [0.25, 0.3) is 0 Å². The van der Waals surface area contributed by atoms with E-state index in [-0.39, 0.29) is 11.3 Å². The molecule has 0 aromatic carbocycles. The van der Waals surface area contributed by atoms with Gasteiger partial charge >= 0.3 is 0 Å². The minimum atomic E-state index is 0.209. The van der Waals surface area contributed by atoms with E-state index in [1.807, 2.05) is 4.90 Å². The molecule has 0 spiro atoms. The van der Waals surface area contributed by atoms with Crippen LogP contribution in [0.5, 0.6) is 0 Å². The van der Waals surface area contributed by atoms with Gasteiger partial charge in [-0.15, -0.1) is 0 Å². The van der Waals surface area contributed by atoms with Crippen LogP contribution in [0.1, 0.15) is 13.3 Å². The lowest BCUT2D eigenvalue weighted by atomic mass is 9.88. The van der Waals surface area contributed by atoms with Crippen LogP contribution < -0.4 is 0 Å². The zero-order valence-electron chi connectivity index (χ0n) is 8.53. The number of hydrogen-bond donors (Lipinski definition) is 1. The molecule has 1 atom stereocenters. The number of thiol groups is 1. The van der Waals surface area contributed by atoms with E-state index in [1.165, 1.54) is 0 Å². The lowest BCUT2D eigenvalue weighted by Crippen LogP contribution is -2.49. The number of carbonyl (C=O) groups excluding carboxylic acids is 1. The molecule has 2 aliphatic heterocycles. The molecule has 1 amide bonds. The van der Waals surface area contributed by atoms with Crippen molar-refractivity contribution in [3.8, 4) is 0 Å². The molecule has 4 heteroatoms. The average Bonchev–Trinajstić information content (AvgIpc) is 2.45. The second-order valence-corrected chi connectivity index (χ2v) is 5.20. The SMILES string of the molecule is CC1(CN2CC(CS)CC2=O)COC1. The van der Waals surface area contributed by atoms with E-state index in [2.05, 4.69) is 19.6 Å². The summed E-state index contributed by atoms with van der Waals surface area (Å²) in [5.41, 5.74) is 0.209. The summed E-state index contributed by atoms with van der Waals surface area (Å²) in [4.78, 5) is 13.6. The fourth-order valence-corrected chi connectivity index (χ4v) is 2.38. The van der Waals surface area contributed by atoms with Crippen molar-refractivity contribution in [2.45, 2.75) is 13.3 Å². The summed E-state index contributed by atoms with van der Waals surface area (Å²) in [6, 6.07) is 0. The van der Waals surface area contributed by atoms with Crippen molar-refractivity contribution in [2.75, 3.05) is 32.1 Å². The summed E-state index contributed by atoms with van der Waals surface area (Å²) in [7, 11) is 0. The maximum Gasteiger partial charge on any atom is 0.222 e. The third-order valence-electron chi connectivity index (χ3n) is 3.03. The van der Waals surface area contributed by atoms with E-state index in [0.717, 1.165) is 32.1 Å². The number of carbonyl (C=O) groups is 1.